The van der Waals surface area contributed by atoms with Gasteiger partial charge in [-0.2, -0.15) is 0 Å². The summed E-state index contributed by atoms with van der Waals surface area (Å²) < 4.78 is 5.27. The first-order valence-corrected chi connectivity index (χ1v) is 7.78. The van der Waals surface area contributed by atoms with E-state index in [4.69, 9.17) is 4.74 Å². The quantitative estimate of drug-likeness (QED) is 0.873. The first-order valence-electron chi connectivity index (χ1n) is 7.78. The van der Waals surface area contributed by atoms with E-state index < -0.39 is 0 Å². The average molecular weight is 311 g/mol. The number of anilines is 1. The molecule has 0 unspecified atom stereocenters. The van der Waals surface area contributed by atoms with Crippen molar-refractivity contribution in [2.24, 2.45) is 0 Å². The molecule has 0 bridgehead atoms. The highest BCUT2D eigenvalue weighted by atomic mass is 16.5. The molecule has 120 valence electrons. The van der Waals surface area contributed by atoms with Crippen LogP contribution in [0.15, 0.2) is 42.6 Å². The van der Waals surface area contributed by atoms with E-state index in [0.717, 1.165) is 30.2 Å². The summed E-state index contributed by atoms with van der Waals surface area (Å²) in [6.07, 6.45) is 1.66. The SMILES string of the molecule is COc1cccc(N2CCN(C(=O)c3ccc(C)nc3)CC2)c1. The van der Waals surface area contributed by atoms with Crippen molar-refractivity contribution in [3.63, 3.8) is 0 Å². The van der Waals surface area contributed by atoms with Gasteiger partial charge in [-0.25, -0.2) is 0 Å². The van der Waals surface area contributed by atoms with Crippen LogP contribution in [0.3, 0.4) is 0 Å². The number of benzene rings is 1. The number of amides is 1. The number of carbonyl (C=O) groups is 1. The van der Waals surface area contributed by atoms with Crippen LogP contribution in [-0.4, -0.2) is 49.1 Å². The lowest BCUT2D eigenvalue weighted by atomic mass is 10.2. The molecule has 5 heteroatoms. The topological polar surface area (TPSA) is 45.7 Å². The van der Waals surface area contributed by atoms with Crippen LogP contribution < -0.4 is 9.64 Å². The van der Waals surface area contributed by atoms with Crippen LogP contribution in [-0.2, 0) is 0 Å². The minimum atomic E-state index is 0.0581. The van der Waals surface area contributed by atoms with Crippen molar-refractivity contribution < 1.29 is 9.53 Å². The number of ether oxygens (including phenoxy) is 1. The third kappa shape index (κ3) is 3.44. The summed E-state index contributed by atoms with van der Waals surface area (Å²) >= 11 is 0. The Morgan fingerprint density at radius 2 is 1.91 bits per heavy atom. The van der Waals surface area contributed by atoms with E-state index in [1.54, 1.807) is 13.3 Å². The predicted octanol–water partition coefficient (Wildman–Crippen LogP) is 2.36. The molecule has 0 spiro atoms. The van der Waals surface area contributed by atoms with Crippen molar-refractivity contribution in [2.45, 2.75) is 6.92 Å². The Morgan fingerprint density at radius 1 is 1.13 bits per heavy atom. The van der Waals surface area contributed by atoms with Gasteiger partial charge in [-0.3, -0.25) is 9.78 Å². The molecular formula is C18H21N3O2. The number of aryl methyl sites for hydroxylation is 1. The van der Waals surface area contributed by atoms with Gasteiger partial charge in [0.2, 0.25) is 0 Å². The van der Waals surface area contributed by atoms with E-state index >= 15 is 0 Å². The van der Waals surface area contributed by atoms with Crippen molar-refractivity contribution in [1.82, 2.24) is 9.88 Å². The summed E-state index contributed by atoms with van der Waals surface area (Å²) in [5, 5.41) is 0. The second-order valence-electron chi connectivity index (χ2n) is 5.67. The minimum absolute atomic E-state index is 0.0581. The zero-order chi connectivity index (χ0) is 16.2. The number of pyridine rings is 1. The zero-order valence-electron chi connectivity index (χ0n) is 13.5. The molecule has 1 aliphatic heterocycles. The Hall–Kier alpha value is -2.56. The van der Waals surface area contributed by atoms with Gasteiger partial charge in [-0.05, 0) is 31.2 Å². The van der Waals surface area contributed by atoms with Crippen molar-refractivity contribution >= 4 is 11.6 Å². The lowest BCUT2D eigenvalue weighted by Gasteiger charge is -2.36. The minimum Gasteiger partial charge on any atom is -0.497 e. The molecular weight excluding hydrogens is 290 g/mol. The molecule has 1 aromatic carbocycles. The third-order valence-electron chi connectivity index (χ3n) is 4.14. The summed E-state index contributed by atoms with van der Waals surface area (Å²) in [5.41, 5.74) is 2.71. The van der Waals surface area contributed by atoms with Gasteiger partial charge in [0.15, 0.2) is 0 Å². The first kappa shape index (κ1) is 15.3. The molecule has 1 saturated heterocycles. The number of hydrogen-bond acceptors (Lipinski definition) is 4. The molecule has 0 N–H and O–H groups in total. The molecule has 2 heterocycles. The Kier molecular flexibility index (Phi) is 4.46. The number of methoxy groups -OCH3 is 1. The van der Waals surface area contributed by atoms with Gasteiger partial charge in [0.05, 0.1) is 12.7 Å². The molecule has 5 nitrogen and oxygen atoms in total. The van der Waals surface area contributed by atoms with E-state index in [9.17, 15) is 4.79 Å². The summed E-state index contributed by atoms with van der Waals surface area (Å²) in [4.78, 5) is 20.9. The highest BCUT2D eigenvalue weighted by molar-refractivity contribution is 5.94. The molecule has 1 amide bonds. The Morgan fingerprint density at radius 3 is 2.57 bits per heavy atom. The number of hydrogen-bond donors (Lipinski definition) is 0. The molecule has 0 aliphatic carbocycles. The van der Waals surface area contributed by atoms with Crippen LogP contribution in [0, 0.1) is 6.92 Å². The number of aromatic nitrogens is 1. The zero-order valence-corrected chi connectivity index (χ0v) is 13.5. The fourth-order valence-electron chi connectivity index (χ4n) is 2.75. The average Bonchev–Trinajstić information content (AvgIpc) is 2.62. The number of rotatable bonds is 3. The van der Waals surface area contributed by atoms with Crippen molar-refractivity contribution in [2.75, 3.05) is 38.2 Å². The van der Waals surface area contributed by atoms with Gasteiger partial charge in [-0.15, -0.1) is 0 Å². The van der Waals surface area contributed by atoms with Crippen molar-refractivity contribution in [1.29, 1.82) is 0 Å². The maximum absolute atomic E-state index is 12.5. The summed E-state index contributed by atoms with van der Waals surface area (Å²) in [6, 6.07) is 11.8. The first-order chi connectivity index (χ1) is 11.2. The van der Waals surface area contributed by atoms with Crippen LogP contribution in [0.1, 0.15) is 16.1 Å². The third-order valence-corrected chi connectivity index (χ3v) is 4.14. The van der Waals surface area contributed by atoms with E-state index in [-0.39, 0.29) is 5.91 Å². The van der Waals surface area contributed by atoms with Gasteiger partial charge in [0, 0.05) is 49.8 Å². The van der Waals surface area contributed by atoms with Crippen LogP contribution in [0.4, 0.5) is 5.69 Å². The van der Waals surface area contributed by atoms with Gasteiger partial charge in [0.1, 0.15) is 5.75 Å². The van der Waals surface area contributed by atoms with Crippen LogP contribution in [0.5, 0.6) is 5.75 Å². The molecule has 0 radical (unpaired) electrons. The van der Waals surface area contributed by atoms with Crippen LogP contribution in [0.2, 0.25) is 0 Å². The highest BCUT2D eigenvalue weighted by Gasteiger charge is 2.22. The molecule has 3 rings (SSSR count). The summed E-state index contributed by atoms with van der Waals surface area (Å²) in [6.45, 7) is 4.98. The van der Waals surface area contributed by atoms with E-state index in [2.05, 4.69) is 16.0 Å². The van der Waals surface area contributed by atoms with Crippen LogP contribution in [0.25, 0.3) is 0 Å². The van der Waals surface area contributed by atoms with Gasteiger partial charge in [0.25, 0.3) is 5.91 Å². The second kappa shape index (κ2) is 6.69. The Labute approximate surface area is 136 Å². The molecule has 1 aromatic heterocycles. The van der Waals surface area contributed by atoms with E-state index in [0.29, 0.717) is 18.7 Å². The molecule has 2 aromatic rings. The lowest BCUT2D eigenvalue weighted by molar-refractivity contribution is 0.0746. The molecule has 0 saturated carbocycles. The molecule has 1 aliphatic rings. The van der Waals surface area contributed by atoms with Crippen LogP contribution >= 0.6 is 0 Å². The van der Waals surface area contributed by atoms with E-state index in [1.165, 1.54) is 0 Å². The molecule has 0 atom stereocenters. The maximum atomic E-state index is 12.5. The number of carbonyl (C=O) groups excluding carboxylic acids is 1. The van der Waals surface area contributed by atoms with Gasteiger partial charge in [-0.1, -0.05) is 6.07 Å². The predicted molar refractivity (Wildman–Crippen MR) is 90.1 cm³/mol. The normalized spacial score (nSPS) is 14.7. The smallest absolute Gasteiger partial charge is 0.255 e. The van der Waals surface area contributed by atoms with E-state index in [1.807, 2.05) is 42.2 Å². The largest absolute Gasteiger partial charge is 0.497 e. The van der Waals surface area contributed by atoms with Crippen molar-refractivity contribution in [3.05, 3.63) is 53.9 Å². The fraction of sp³-hybridized carbons (Fsp3) is 0.333. The Balaban J connectivity index is 1.63. The van der Waals surface area contributed by atoms with Gasteiger partial charge < -0.3 is 14.5 Å². The highest BCUT2D eigenvalue weighted by Crippen LogP contribution is 2.22. The van der Waals surface area contributed by atoms with Gasteiger partial charge >= 0.3 is 0 Å². The summed E-state index contributed by atoms with van der Waals surface area (Å²) in [7, 11) is 1.67. The number of piperazine rings is 1. The fourth-order valence-corrected chi connectivity index (χ4v) is 2.75. The molecule has 1 fully saturated rings. The lowest BCUT2D eigenvalue weighted by Crippen LogP contribution is -2.48. The maximum Gasteiger partial charge on any atom is 0.255 e. The summed E-state index contributed by atoms with van der Waals surface area (Å²) in [5.74, 6) is 0.912. The number of nitrogens with zero attached hydrogens (tertiary/aromatic N) is 3. The van der Waals surface area contributed by atoms with Crippen molar-refractivity contribution in [3.8, 4) is 5.75 Å². The second-order valence-corrected chi connectivity index (χ2v) is 5.67. The standard InChI is InChI=1S/C18H21N3O2/c1-14-6-7-15(13-19-14)18(22)21-10-8-20(9-11-21)16-4-3-5-17(12-16)23-2/h3-7,12-13H,8-11H2,1-2H3. The molecule has 23 heavy (non-hydrogen) atoms. The Bertz CT molecular complexity index is 677. The monoisotopic (exact) mass is 311 g/mol.